The van der Waals surface area contributed by atoms with Gasteiger partial charge in [0.1, 0.15) is 11.3 Å². The van der Waals surface area contributed by atoms with Crippen LogP contribution in [-0.2, 0) is 11.2 Å². The van der Waals surface area contributed by atoms with Crippen LogP contribution in [0.3, 0.4) is 0 Å². The van der Waals surface area contributed by atoms with Gasteiger partial charge in [0.15, 0.2) is 0 Å². The van der Waals surface area contributed by atoms with E-state index in [0.717, 1.165) is 36.1 Å². The maximum Gasteiger partial charge on any atom is 0.221 e. The maximum absolute atomic E-state index is 11.8. The Hall–Kier alpha value is -1.81. The van der Waals surface area contributed by atoms with Crippen molar-refractivity contribution in [1.82, 2.24) is 10.6 Å². The second kappa shape index (κ2) is 6.09. The molecule has 1 aromatic carbocycles. The molecule has 1 saturated heterocycles. The first-order valence-electron chi connectivity index (χ1n) is 7.29. The van der Waals surface area contributed by atoms with Gasteiger partial charge in [0.05, 0.1) is 0 Å². The van der Waals surface area contributed by atoms with Crippen molar-refractivity contribution in [1.29, 1.82) is 0 Å². The maximum atomic E-state index is 11.8. The number of hydrogen-bond donors (Lipinski definition) is 2. The molecule has 2 N–H and O–H groups in total. The molecule has 3 rings (SSSR count). The third-order valence-electron chi connectivity index (χ3n) is 3.76. The van der Waals surface area contributed by atoms with E-state index in [1.165, 1.54) is 6.42 Å². The van der Waals surface area contributed by atoms with E-state index in [1.54, 1.807) is 0 Å². The second-order valence-electron chi connectivity index (χ2n) is 5.35. The summed E-state index contributed by atoms with van der Waals surface area (Å²) in [6.45, 7) is 1.67. The number of benzene rings is 1. The first-order valence-corrected chi connectivity index (χ1v) is 7.29. The zero-order chi connectivity index (χ0) is 13.8. The number of rotatable bonds is 5. The van der Waals surface area contributed by atoms with Crippen molar-refractivity contribution < 1.29 is 9.21 Å². The highest BCUT2D eigenvalue weighted by Gasteiger charge is 2.17. The molecule has 0 bridgehead atoms. The van der Waals surface area contributed by atoms with Gasteiger partial charge in [-0.25, -0.2) is 0 Å². The fourth-order valence-corrected chi connectivity index (χ4v) is 2.71. The number of nitrogens with one attached hydrogen (secondary N) is 2. The zero-order valence-corrected chi connectivity index (χ0v) is 11.5. The van der Waals surface area contributed by atoms with Crippen LogP contribution in [0.1, 0.15) is 25.0 Å². The lowest BCUT2D eigenvalue weighted by Crippen LogP contribution is -2.32. The molecule has 1 aromatic heterocycles. The molecule has 106 valence electrons. The van der Waals surface area contributed by atoms with Crippen LogP contribution >= 0.6 is 0 Å². The topological polar surface area (TPSA) is 54.3 Å². The number of carbonyl (C=O) groups excluding carboxylic acids is 1. The van der Waals surface area contributed by atoms with E-state index < -0.39 is 0 Å². The average molecular weight is 272 g/mol. The van der Waals surface area contributed by atoms with Crippen molar-refractivity contribution in [2.75, 3.05) is 13.1 Å². The van der Waals surface area contributed by atoms with Crippen LogP contribution in [-0.4, -0.2) is 25.0 Å². The molecule has 4 nitrogen and oxygen atoms in total. The van der Waals surface area contributed by atoms with Crippen LogP contribution in [0.4, 0.5) is 0 Å². The fourth-order valence-electron chi connectivity index (χ4n) is 2.71. The Bertz CT molecular complexity index is 552. The first kappa shape index (κ1) is 13.2. The molecule has 1 aliphatic rings. The Morgan fingerprint density at radius 2 is 2.30 bits per heavy atom. The molecule has 0 spiro atoms. The van der Waals surface area contributed by atoms with Crippen molar-refractivity contribution in [3.63, 3.8) is 0 Å². The lowest BCUT2D eigenvalue weighted by atomic mass is 10.1. The molecular weight excluding hydrogens is 252 g/mol. The fraction of sp³-hybridized carbons (Fsp3) is 0.438. The van der Waals surface area contributed by atoms with Crippen LogP contribution in [0.25, 0.3) is 11.0 Å². The van der Waals surface area contributed by atoms with Gasteiger partial charge in [0, 0.05) is 30.8 Å². The number of furan rings is 1. The van der Waals surface area contributed by atoms with E-state index in [2.05, 4.69) is 10.6 Å². The van der Waals surface area contributed by atoms with E-state index >= 15 is 0 Å². The molecular formula is C16H20N2O2. The average Bonchev–Trinajstić information content (AvgIpc) is 3.07. The third kappa shape index (κ3) is 3.20. The summed E-state index contributed by atoms with van der Waals surface area (Å²) in [7, 11) is 0. The molecule has 1 amide bonds. The Kier molecular flexibility index (Phi) is 4.02. The van der Waals surface area contributed by atoms with Crippen molar-refractivity contribution in [2.45, 2.75) is 31.7 Å². The normalized spacial score (nSPS) is 18.5. The van der Waals surface area contributed by atoms with E-state index in [9.17, 15) is 4.79 Å². The Labute approximate surface area is 118 Å². The summed E-state index contributed by atoms with van der Waals surface area (Å²) in [6.07, 6.45) is 3.60. The Morgan fingerprint density at radius 3 is 3.10 bits per heavy atom. The lowest BCUT2D eigenvalue weighted by Gasteiger charge is -2.09. The van der Waals surface area contributed by atoms with Gasteiger partial charge in [-0.3, -0.25) is 4.79 Å². The summed E-state index contributed by atoms with van der Waals surface area (Å²) in [5, 5.41) is 7.41. The van der Waals surface area contributed by atoms with Gasteiger partial charge in [-0.1, -0.05) is 18.2 Å². The molecule has 4 heteroatoms. The van der Waals surface area contributed by atoms with Gasteiger partial charge in [-0.05, 0) is 31.5 Å². The first-order chi connectivity index (χ1) is 9.81. The number of carbonyl (C=O) groups is 1. The molecule has 2 heterocycles. The Balaban J connectivity index is 1.45. The predicted molar refractivity (Wildman–Crippen MR) is 78.6 cm³/mol. The summed E-state index contributed by atoms with van der Waals surface area (Å²) in [5.74, 6) is 1.05. The van der Waals surface area contributed by atoms with E-state index in [0.29, 0.717) is 19.0 Å². The monoisotopic (exact) mass is 272 g/mol. The van der Waals surface area contributed by atoms with Crippen molar-refractivity contribution in [3.8, 4) is 0 Å². The number of para-hydroxylation sites is 1. The third-order valence-corrected chi connectivity index (χ3v) is 3.76. The zero-order valence-electron chi connectivity index (χ0n) is 11.5. The number of fused-ring (bicyclic) bond motifs is 1. The van der Waals surface area contributed by atoms with Gasteiger partial charge in [0.2, 0.25) is 5.91 Å². The highest BCUT2D eigenvalue weighted by molar-refractivity contribution is 5.78. The van der Waals surface area contributed by atoms with Crippen LogP contribution in [0.5, 0.6) is 0 Å². The smallest absolute Gasteiger partial charge is 0.221 e. The van der Waals surface area contributed by atoms with Gasteiger partial charge in [-0.15, -0.1) is 0 Å². The minimum absolute atomic E-state index is 0.125. The van der Waals surface area contributed by atoms with Crippen LogP contribution in [0.15, 0.2) is 34.7 Å². The highest BCUT2D eigenvalue weighted by atomic mass is 16.3. The van der Waals surface area contributed by atoms with E-state index in [1.807, 2.05) is 30.3 Å². The number of hydrogen-bond acceptors (Lipinski definition) is 3. The molecule has 0 radical (unpaired) electrons. The second-order valence-corrected chi connectivity index (χ2v) is 5.35. The minimum atomic E-state index is 0.125. The van der Waals surface area contributed by atoms with Crippen molar-refractivity contribution >= 4 is 16.9 Å². The standard InChI is InChI=1S/C16H20N2O2/c19-16(11-13-5-3-8-17-13)18-9-7-14-10-12-4-1-2-6-15(12)20-14/h1-2,4,6,10,13,17H,3,5,7-9,11H2,(H,18,19). The van der Waals surface area contributed by atoms with Gasteiger partial charge >= 0.3 is 0 Å². The number of amides is 1. The molecule has 2 aromatic rings. The Morgan fingerprint density at radius 1 is 1.40 bits per heavy atom. The molecule has 1 atom stereocenters. The summed E-state index contributed by atoms with van der Waals surface area (Å²) < 4.78 is 5.72. The molecule has 20 heavy (non-hydrogen) atoms. The van der Waals surface area contributed by atoms with Crippen LogP contribution in [0.2, 0.25) is 0 Å². The van der Waals surface area contributed by atoms with Crippen LogP contribution in [0, 0.1) is 0 Å². The largest absolute Gasteiger partial charge is 0.461 e. The molecule has 1 unspecified atom stereocenters. The van der Waals surface area contributed by atoms with Gasteiger partial charge in [0.25, 0.3) is 0 Å². The summed E-state index contributed by atoms with van der Waals surface area (Å²) >= 11 is 0. The lowest BCUT2D eigenvalue weighted by molar-refractivity contribution is -0.121. The van der Waals surface area contributed by atoms with E-state index in [4.69, 9.17) is 4.42 Å². The molecule has 0 aliphatic carbocycles. The predicted octanol–water partition coefficient (Wildman–Crippen LogP) is 2.23. The molecule has 1 fully saturated rings. The van der Waals surface area contributed by atoms with Gasteiger partial charge < -0.3 is 15.1 Å². The SMILES string of the molecule is O=C(CC1CCCN1)NCCc1cc2ccccc2o1. The molecule has 1 aliphatic heterocycles. The summed E-state index contributed by atoms with van der Waals surface area (Å²) in [5.41, 5.74) is 0.906. The summed E-state index contributed by atoms with van der Waals surface area (Å²) in [4.78, 5) is 11.8. The quantitative estimate of drug-likeness (QED) is 0.877. The van der Waals surface area contributed by atoms with Crippen molar-refractivity contribution in [2.24, 2.45) is 0 Å². The van der Waals surface area contributed by atoms with Gasteiger partial charge in [-0.2, -0.15) is 0 Å². The minimum Gasteiger partial charge on any atom is -0.461 e. The molecule has 0 saturated carbocycles. The van der Waals surface area contributed by atoms with E-state index in [-0.39, 0.29) is 5.91 Å². The summed E-state index contributed by atoms with van der Waals surface area (Å²) in [6, 6.07) is 10.4. The van der Waals surface area contributed by atoms with Crippen molar-refractivity contribution in [3.05, 3.63) is 36.1 Å². The van der Waals surface area contributed by atoms with Crippen LogP contribution < -0.4 is 10.6 Å². The highest BCUT2D eigenvalue weighted by Crippen LogP contribution is 2.18.